The van der Waals surface area contributed by atoms with Crippen molar-refractivity contribution >= 4 is 0 Å². The third kappa shape index (κ3) is 4.34. The van der Waals surface area contributed by atoms with Crippen molar-refractivity contribution in [2.45, 2.75) is 13.0 Å². The van der Waals surface area contributed by atoms with E-state index in [4.69, 9.17) is 10.00 Å². The van der Waals surface area contributed by atoms with Gasteiger partial charge < -0.3 is 10.1 Å². The lowest BCUT2D eigenvalue weighted by Crippen LogP contribution is -2.17. The summed E-state index contributed by atoms with van der Waals surface area (Å²) in [7, 11) is 0. The zero-order chi connectivity index (χ0) is 14.0. The van der Waals surface area contributed by atoms with Crippen LogP contribution < -0.4 is 10.1 Å². The number of hydrogen-bond acceptors (Lipinski definition) is 5. The Balaban J connectivity index is 1.64. The second-order valence-corrected chi connectivity index (χ2v) is 4.19. The van der Waals surface area contributed by atoms with E-state index in [1.807, 2.05) is 24.3 Å². The van der Waals surface area contributed by atoms with Crippen LogP contribution in [0, 0.1) is 11.3 Å². The Labute approximate surface area is 118 Å². The van der Waals surface area contributed by atoms with Crippen LogP contribution in [-0.4, -0.2) is 23.1 Å². The first-order valence-corrected chi connectivity index (χ1v) is 6.48. The molecule has 102 valence electrons. The zero-order valence-electron chi connectivity index (χ0n) is 11.1. The lowest BCUT2D eigenvalue weighted by Gasteiger charge is -2.07. The monoisotopic (exact) mass is 268 g/mol. The van der Waals surface area contributed by atoms with E-state index in [0.29, 0.717) is 12.5 Å². The SMILES string of the molecule is N#Cc1nccnc1OCCCNCc1ccccc1. The molecule has 2 aromatic rings. The van der Waals surface area contributed by atoms with Gasteiger partial charge in [-0.3, -0.25) is 0 Å². The first-order valence-electron chi connectivity index (χ1n) is 6.48. The first-order chi connectivity index (χ1) is 9.90. The van der Waals surface area contributed by atoms with Crippen LogP contribution in [0.2, 0.25) is 0 Å². The third-order valence-corrected chi connectivity index (χ3v) is 2.68. The average Bonchev–Trinajstić information content (AvgIpc) is 2.52. The van der Waals surface area contributed by atoms with Crippen LogP contribution in [0.5, 0.6) is 5.88 Å². The molecule has 2 rings (SSSR count). The van der Waals surface area contributed by atoms with Crippen molar-refractivity contribution in [2.75, 3.05) is 13.2 Å². The van der Waals surface area contributed by atoms with Crippen LogP contribution in [0.15, 0.2) is 42.7 Å². The second kappa shape index (κ2) is 7.87. The quantitative estimate of drug-likeness (QED) is 0.777. The topological polar surface area (TPSA) is 70.8 Å². The summed E-state index contributed by atoms with van der Waals surface area (Å²) in [6.45, 7) is 2.20. The molecule has 0 amide bonds. The zero-order valence-corrected chi connectivity index (χ0v) is 11.1. The molecule has 0 aliphatic rings. The molecule has 0 fully saturated rings. The van der Waals surface area contributed by atoms with Crippen LogP contribution in [-0.2, 0) is 6.54 Å². The number of nitrogens with one attached hydrogen (secondary N) is 1. The number of ether oxygens (including phenoxy) is 1. The Bertz CT molecular complexity index is 566. The number of nitrogens with zero attached hydrogens (tertiary/aromatic N) is 3. The van der Waals surface area contributed by atoms with E-state index in [9.17, 15) is 0 Å². The van der Waals surface area contributed by atoms with Crippen LogP contribution in [0.1, 0.15) is 17.7 Å². The van der Waals surface area contributed by atoms with Gasteiger partial charge in [0.05, 0.1) is 6.61 Å². The van der Waals surface area contributed by atoms with Gasteiger partial charge in [-0.05, 0) is 18.5 Å². The van der Waals surface area contributed by atoms with Crippen molar-refractivity contribution in [2.24, 2.45) is 0 Å². The summed E-state index contributed by atoms with van der Waals surface area (Å²) >= 11 is 0. The molecule has 0 aliphatic carbocycles. The Kier molecular flexibility index (Phi) is 5.50. The maximum atomic E-state index is 8.84. The van der Waals surface area contributed by atoms with Gasteiger partial charge in [-0.2, -0.15) is 5.26 Å². The summed E-state index contributed by atoms with van der Waals surface area (Å²) in [5.74, 6) is 0.304. The van der Waals surface area contributed by atoms with Crippen LogP contribution in [0.25, 0.3) is 0 Å². The van der Waals surface area contributed by atoms with Crippen molar-refractivity contribution in [1.29, 1.82) is 5.26 Å². The number of nitriles is 1. The van der Waals surface area contributed by atoms with Gasteiger partial charge in [-0.25, -0.2) is 9.97 Å². The van der Waals surface area contributed by atoms with E-state index in [1.165, 1.54) is 18.0 Å². The lowest BCUT2D eigenvalue weighted by molar-refractivity contribution is 0.294. The fourth-order valence-corrected chi connectivity index (χ4v) is 1.70. The molecule has 1 aromatic carbocycles. The van der Waals surface area contributed by atoms with Crippen molar-refractivity contribution < 1.29 is 4.74 Å². The summed E-state index contributed by atoms with van der Waals surface area (Å²) in [5, 5.41) is 12.2. The van der Waals surface area contributed by atoms with Crippen molar-refractivity contribution in [3.05, 3.63) is 54.0 Å². The Hall–Kier alpha value is -2.45. The molecule has 0 radical (unpaired) electrons. The molecule has 0 atom stereocenters. The minimum absolute atomic E-state index is 0.227. The third-order valence-electron chi connectivity index (χ3n) is 2.68. The largest absolute Gasteiger partial charge is 0.476 e. The molecule has 20 heavy (non-hydrogen) atoms. The predicted molar refractivity (Wildman–Crippen MR) is 75.0 cm³/mol. The Morgan fingerprint density at radius 2 is 1.95 bits per heavy atom. The minimum atomic E-state index is 0.227. The van der Waals surface area contributed by atoms with Crippen LogP contribution >= 0.6 is 0 Å². The van der Waals surface area contributed by atoms with Gasteiger partial charge in [0.25, 0.3) is 5.88 Å². The molecule has 0 aliphatic heterocycles. The van der Waals surface area contributed by atoms with E-state index in [-0.39, 0.29) is 5.69 Å². The molecule has 1 heterocycles. The summed E-state index contributed by atoms with van der Waals surface area (Å²) in [6, 6.07) is 12.2. The fraction of sp³-hybridized carbons (Fsp3) is 0.267. The molecule has 0 unspecified atom stereocenters. The van der Waals surface area contributed by atoms with Gasteiger partial charge in [-0.15, -0.1) is 0 Å². The van der Waals surface area contributed by atoms with Crippen molar-refractivity contribution in [1.82, 2.24) is 15.3 Å². The van der Waals surface area contributed by atoms with Crippen molar-refractivity contribution in [3.63, 3.8) is 0 Å². The van der Waals surface area contributed by atoms with Crippen LogP contribution in [0.4, 0.5) is 0 Å². The van der Waals surface area contributed by atoms with E-state index >= 15 is 0 Å². The molecule has 1 aromatic heterocycles. The highest BCUT2D eigenvalue weighted by Crippen LogP contribution is 2.09. The smallest absolute Gasteiger partial charge is 0.251 e. The minimum Gasteiger partial charge on any atom is -0.476 e. The Morgan fingerprint density at radius 3 is 2.75 bits per heavy atom. The fourth-order valence-electron chi connectivity index (χ4n) is 1.70. The van der Waals surface area contributed by atoms with E-state index in [0.717, 1.165) is 19.5 Å². The summed E-state index contributed by atoms with van der Waals surface area (Å²) in [6.07, 6.45) is 3.84. The molecule has 0 saturated carbocycles. The van der Waals surface area contributed by atoms with Gasteiger partial charge in [0.2, 0.25) is 5.69 Å². The molecule has 0 saturated heterocycles. The molecule has 0 spiro atoms. The van der Waals surface area contributed by atoms with Gasteiger partial charge in [0.1, 0.15) is 6.07 Å². The lowest BCUT2D eigenvalue weighted by atomic mass is 10.2. The Morgan fingerprint density at radius 1 is 1.15 bits per heavy atom. The number of rotatable bonds is 7. The van der Waals surface area contributed by atoms with E-state index in [1.54, 1.807) is 0 Å². The number of aromatic nitrogens is 2. The molecular formula is C15H16N4O. The summed E-state index contributed by atoms with van der Waals surface area (Å²) in [4.78, 5) is 7.87. The summed E-state index contributed by atoms with van der Waals surface area (Å²) < 4.78 is 5.44. The normalized spacial score (nSPS) is 9.95. The van der Waals surface area contributed by atoms with Gasteiger partial charge in [-0.1, -0.05) is 30.3 Å². The highest BCUT2D eigenvalue weighted by atomic mass is 16.5. The summed E-state index contributed by atoms with van der Waals surface area (Å²) in [5.41, 5.74) is 1.49. The highest BCUT2D eigenvalue weighted by Gasteiger charge is 2.04. The molecule has 5 nitrogen and oxygen atoms in total. The number of hydrogen-bond donors (Lipinski definition) is 1. The van der Waals surface area contributed by atoms with E-state index < -0.39 is 0 Å². The molecule has 1 N–H and O–H groups in total. The highest BCUT2D eigenvalue weighted by molar-refractivity contribution is 5.29. The molecule has 0 bridgehead atoms. The molecule has 5 heteroatoms. The van der Waals surface area contributed by atoms with E-state index in [2.05, 4.69) is 27.4 Å². The number of benzene rings is 1. The van der Waals surface area contributed by atoms with Gasteiger partial charge >= 0.3 is 0 Å². The average molecular weight is 268 g/mol. The van der Waals surface area contributed by atoms with Crippen molar-refractivity contribution in [3.8, 4) is 11.9 Å². The predicted octanol–water partition coefficient (Wildman–Crippen LogP) is 1.91. The second-order valence-electron chi connectivity index (χ2n) is 4.19. The maximum absolute atomic E-state index is 8.84. The van der Waals surface area contributed by atoms with Crippen LogP contribution in [0.3, 0.4) is 0 Å². The standard InChI is InChI=1S/C15H16N4O/c16-11-14-15(19-9-8-18-14)20-10-4-7-17-12-13-5-2-1-3-6-13/h1-3,5-6,8-9,17H,4,7,10,12H2. The maximum Gasteiger partial charge on any atom is 0.251 e. The van der Waals surface area contributed by atoms with Gasteiger partial charge in [0.15, 0.2) is 0 Å². The first kappa shape index (κ1) is 14.0. The van der Waals surface area contributed by atoms with Gasteiger partial charge in [0, 0.05) is 18.9 Å². The molecular weight excluding hydrogens is 252 g/mol.